The lowest BCUT2D eigenvalue weighted by atomic mass is 10.0. The van der Waals surface area contributed by atoms with Gasteiger partial charge in [0, 0.05) is 11.1 Å². The summed E-state index contributed by atoms with van der Waals surface area (Å²) in [5.41, 5.74) is 2.93. The van der Waals surface area contributed by atoms with Gasteiger partial charge in [0.1, 0.15) is 22.8 Å². The number of thiazole rings is 1. The smallest absolute Gasteiger partial charge is 0.352 e. The SMILES string of the molecule is Nc1nc(/C(=N\OCC(=O)O)C(=O)NC2C(=O)N3C(C(=O)O)=C(/C=C/Sc4n[nH]c(=O)c(=O)n4CC(O)CO)CSC23)cs1. The second-order valence-electron chi connectivity index (χ2n) is 8.73. The van der Waals surface area contributed by atoms with Crippen LogP contribution < -0.4 is 22.2 Å². The van der Waals surface area contributed by atoms with Gasteiger partial charge >= 0.3 is 23.1 Å². The second-order valence-corrected chi connectivity index (χ2v) is 11.6. The first-order valence-corrected chi connectivity index (χ1v) is 14.9. The Balaban J connectivity index is 1.52. The van der Waals surface area contributed by atoms with E-state index in [9.17, 15) is 39.0 Å². The summed E-state index contributed by atoms with van der Waals surface area (Å²) in [6.07, 6.45) is 0.0235. The van der Waals surface area contributed by atoms with E-state index in [1.165, 1.54) is 16.9 Å². The molecule has 3 unspecified atom stereocenters. The van der Waals surface area contributed by atoms with Crippen LogP contribution in [0.4, 0.5) is 5.13 Å². The minimum absolute atomic E-state index is 0.0281. The number of β-lactam (4-membered cyclic amide) rings is 1. The summed E-state index contributed by atoms with van der Waals surface area (Å²) in [6, 6.07) is -1.17. The molecule has 22 heteroatoms. The highest BCUT2D eigenvalue weighted by Crippen LogP contribution is 2.41. The number of fused-ring (bicyclic) bond motifs is 1. The van der Waals surface area contributed by atoms with Crippen LogP contribution in [0.15, 0.2) is 48.0 Å². The van der Waals surface area contributed by atoms with E-state index in [4.69, 9.17) is 15.9 Å². The molecule has 8 N–H and O–H groups in total. The van der Waals surface area contributed by atoms with Crippen molar-refractivity contribution < 1.29 is 44.4 Å². The number of aliphatic hydroxyl groups is 2. The number of hydrogen-bond acceptors (Lipinski definition) is 16. The molecule has 2 aliphatic heterocycles. The third-order valence-corrected chi connectivity index (χ3v) is 8.55. The van der Waals surface area contributed by atoms with Crippen LogP contribution in [0.25, 0.3) is 0 Å². The molecule has 0 saturated carbocycles. The topological polar surface area (TPSA) is 293 Å². The number of carboxylic acids is 2. The molecule has 4 heterocycles. The van der Waals surface area contributed by atoms with E-state index in [2.05, 4.69) is 25.4 Å². The van der Waals surface area contributed by atoms with Gasteiger partial charge in [0.2, 0.25) is 6.61 Å². The predicted molar refractivity (Wildman–Crippen MR) is 154 cm³/mol. The number of anilines is 1. The molecule has 2 aliphatic rings. The molecular formula is C22H22N8O11S3. The molecule has 2 amide bonds. The lowest BCUT2D eigenvalue weighted by Crippen LogP contribution is -2.71. The third kappa shape index (κ3) is 6.99. The number of nitrogens with two attached hydrogens (primary N) is 1. The quantitative estimate of drug-likeness (QED) is 0.0371. The Morgan fingerprint density at radius 2 is 2.07 bits per heavy atom. The molecule has 0 aliphatic carbocycles. The Morgan fingerprint density at radius 1 is 1.32 bits per heavy atom. The van der Waals surface area contributed by atoms with Crippen molar-refractivity contribution in [3.05, 3.63) is 54.5 Å². The number of allylic oxidation sites excluding steroid dienone is 1. The van der Waals surface area contributed by atoms with Crippen molar-refractivity contribution in [2.24, 2.45) is 5.16 Å². The zero-order valence-corrected chi connectivity index (χ0v) is 24.4. The van der Waals surface area contributed by atoms with Gasteiger partial charge in [-0.1, -0.05) is 16.9 Å². The van der Waals surface area contributed by atoms with E-state index in [0.29, 0.717) is 0 Å². The van der Waals surface area contributed by atoms with Crippen LogP contribution in [0, 0.1) is 0 Å². The number of aliphatic hydroxyl groups excluding tert-OH is 2. The number of amides is 2. The van der Waals surface area contributed by atoms with Crippen LogP contribution in [-0.2, 0) is 30.6 Å². The summed E-state index contributed by atoms with van der Waals surface area (Å²) in [7, 11) is 0. The molecule has 44 heavy (non-hydrogen) atoms. The first kappa shape index (κ1) is 32.4. The highest BCUT2D eigenvalue weighted by molar-refractivity contribution is 8.02. The van der Waals surface area contributed by atoms with Gasteiger partial charge in [0.15, 0.2) is 16.0 Å². The maximum Gasteiger partial charge on any atom is 0.352 e. The summed E-state index contributed by atoms with van der Waals surface area (Å²) < 4.78 is 0.851. The normalized spacial score (nSPS) is 19.0. The van der Waals surface area contributed by atoms with Gasteiger partial charge in [-0.05, 0) is 17.1 Å². The fourth-order valence-electron chi connectivity index (χ4n) is 3.85. The highest BCUT2D eigenvalue weighted by atomic mass is 32.2. The average molecular weight is 671 g/mol. The van der Waals surface area contributed by atoms with E-state index in [1.54, 1.807) is 0 Å². The van der Waals surface area contributed by atoms with Crippen molar-refractivity contribution in [3.8, 4) is 0 Å². The zero-order chi connectivity index (χ0) is 32.1. The first-order chi connectivity index (χ1) is 20.9. The van der Waals surface area contributed by atoms with Gasteiger partial charge in [-0.2, -0.15) is 0 Å². The molecule has 234 valence electrons. The molecule has 2 aromatic heterocycles. The molecular weight excluding hydrogens is 648 g/mol. The Kier molecular flexibility index (Phi) is 10.2. The van der Waals surface area contributed by atoms with E-state index < -0.39 is 77.9 Å². The number of H-pyrrole nitrogens is 1. The summed E-state index contributed by atoms with van der Waals surface area (Å²) in [5.74, 6) is -4.38. The fourth-order valence-corrected chi connectivity index (χ4v) is 6.45. The minimum atomic E-state index is -1.43. The van der Waals surface area contributed by atoms with Crippen molar-refractivity contribution in [2.75, 3.05) is 24.7 Å². The number of carboxylic acid groups (broad SMARTS) is 2. The number of aliphatic carboxylic acids is 2. The number of rotatable bonds is 13. The summed E-state index contributed by atoms with van der Waals surface area (Å²) in [4.78, 5) is 82.5. The minimum Gasteiger partial charge on any atom is -0.479 e. The molecule has 19 nitrogen and oxygen atoms in total. The van der Waals surface area contributed by atoms with Crippen LogP contribution in [0.2, 0.25) is 0 Å². The van der Waals surface area contributed by atoms with E-state index in [0.717, 1.165) is 44.3 Å². The van der Waals surface area contributed by atoms with Gasteiger partial charge in [-0.3, -0.25) is 28.6 Å². The number of carbonyl (C=O) groups is 4. The number of thioether (sulfide) groups is 2. The number of nitrogens with one attached hydrogen (secondary N) is 2. The van der Waals surface area contributed by atoms with Gasteiger partial charge in [0.05, 0.1) is 19.3 Å². The fraction of sp³-hybridized carbons (Fsp3) is 0.318. The van der Waals surface area contributed by atoms with Crippen LogP contribution in [0.3, 0.4) is 0 Å². The van der Waals surface area contributed by atoms with Crippen LogP contribution in [0.5, 0.6) is 0 Å². The number of aromatic amines is 1. The van der Waals surface area contributed by atoms with Gasteiger partial charge in [-0.25, -0.2) is 19.7 Å². The molecule has 4 rings (SSSR count). The maximum absolute atomic E-state index is 13.1. The van der Waals surface area contributed by atoms with Crippen molar-refractivity contribution in [1.29, 1.82) is 0 Å². The summed E-state index contributed by atoms with van der Waals surface area (Å²) in [6.45, 7) is -1.95. The van der Waals surface area contributed by atoms with Crippen LogP contribution in [0.1, 0.15) is 5.69 Å². The molecule has 1 saturated heterocycles. The van der Waals surface area contributed by atoms with Gasteiger partial charge in [-0.15, -0.1) is 28.2 Å². The summed E-state index contributed by atoms with van der Waals surface area (Å²) >= 11 is 2.93. The van der Waals surface area contributed by atoms with Crippen LogP contribution in [-0.4, -0.2) is 111 Å². The van der Waals surface area contributed by atoms with Crippen molar-refractivity contribution in [2.45, 2.75) is 29.2 Å². The molecule has 0 bridgehead atoms. The summed E-state index contributed by atoms with van der Waals surface area (Å²) in [5, 5.41) is 51.2. The Labute approximate surface area is 257 Å². The molecule has 0 aromatic carbocycles. The van der Waals surface area contributed by atoms with Gasteiger partial charge < -0.3 is 36.3 Å². The molecule has 0 spiro atoms. The highest BCUT2D eigenvalue weighted by Gasteiger charge is 2.54. The lowest BCUT2D eigenvalue weighted by molar-refractivity contribution is -0.150. The monoisotopic (exact) mass is 670 g/mol. The van der Waals surface area contributed by atoms with E-state index in [-0.39, 0.29) is 33.0 Å². The molecule has 3 atom stereocenters. The second kappa shape index (κ2) is 13.9. The Morgan fingerprint density at radius 3 is 2.70 bits per heavy atom. The van der Waals surface area contributed by atoms with Crippen molar-refractivity contribution >= 4 is 69.5 Å². The third-order valence-electron chi connectivity index (χ3n) is 5.78. The number of oxime groups is 1. The van der Waals surface area contributed by atoms with E-state index in [1.807, 2.05) is 5.10 Å². The molecule has 2 aromatic rings. The van der Waals surface area contributed by atoms with Crippen LogP contribution >= 0.6 is 34.9 Å². The number of aromatic nitrogens is 4. The number of nitrogen functional groups attached to an aromatic ring is 1. The number of nitrogens with zero attached hydrogens (tertiary/aromatic N) is 5. The number of carbonyl (C=O) groups excluding carboxylic acids is 2. The molecule has 1 fully saturated rings. The maximum atomic E-state index is 13.1. The number of hydrogen-bond donors (Lipinski definition) is 7. The van der Waals surface area contributed by atoms with E-state index >= 15 is 0 Å². The van der Waals surface area contributed by atoms with Crippen molar-refractivity contribution in [3.63, 3.8) is 0 Å². The standard InChI is InChI=1S/C22H22N8O11S3/c23-21-24-10(7-44-21)12(28-41-5-11(33)34)15(35)25-13-17(37)30-14(20(39)40)8(6-43-19(13)30)1-2-42-22-27-26-16(36)18(38)29(22)3-9(32)4-31/h1-2,7,9,13,19,31-32H,3-6H2,(H2,23,24)(H,25,35)(H,26,36)(H,33,34)(H,39,40)/b2-1+,28-12+. The largest absolute Gasteiger partial charge is 0.479 e. The predicted octanol–water partition coefficient (Wildman–Crippen LogP) is -2.83. The Bertz CT molecular complexity index is 1700. The molecule has 0 radical (unpaired) electrons. The van der Waals surface area contributed by atoms with Gasteiger partial charge in [0.25, 0.3) is 11.8 Å². The average Bonchev–Trinajstić information content (AvgIpc) is 3.42. The zero-order valence-electron chi connectivity index (χ0n) is 22.0. The van der Waals surface area contributed by atoms with Crippen molar-refractivity contribution in [1.82, 2.24) is 30.0 Å². The lowest BCUT2D eigenvalue weighted by Gasteiger charge is -2.49. The Hall–Kier alpha value is -4.51. The first-order valence-electron chi connectivity index (χ1n) is 12.1.